The second-order valence-corrected chi connectivity index (χ2v) is 5.52. The molecule has 0 bridgehead atoms. The summed E-state index contributed by atoms with van der Waals surface area (Å²) in [6.45, 7) is 5.32. The highest BCUT2D eigenvalue weighted by atomic mass is 16.5. The molecular weight excluding hydrogens is 292 g/mol. The van der Waals surface area contributed by atoms with Crippen LogP contribution in [0, 0.1) is 13.8 Å². The highest BCUT2D eigenvalue weighted by Crippen LogP contribution is 2.31. The minimum atomic E-state index is -0.00238. The van der Waals surface area contributed by atoms with Gasteiger partial charge in [-0.2, -0.15) is 0 Å². The van der Waals surface area contributed by atoms with Crippen molar-refractivity contribution in [3.8, 4) is 5.75 Å². The first-order chi connectivity index (χ1) is 11.1. The van der Waals surface area contributed by atoms with E-state index in [-0.39, 0.29) is 12.5 Å². The number of para-hydroxylation sites is 2. The van der Waals surface area contributed by atoms with Crippen molar-refractivity contribution in [1.29, 1.82) is 0 Å². The number of carbonyl (C=O) groups excluding carboxylic acids is 1. The molecule has 0 unspecified atom stereocenters. The van der Waals surface area contributed by atoms with Gasteiger partial charge in [0.2, 0.25) is 0 Å². The normalized spacial score (nSPS) is 13.5. The van der Waals surface area contributed by atoms with Crippen LogP contribution in [0.25, 0.3) is 0 Å². The number of ether oxygens (including phenoxy) is 1. The standard InChI is InChI=1S/C17H20N4O2/c1-12-10-16(20-13(2)19-12)18-8-5-9-21-14-6-3-4-7-15(14)23-11-17(21)22/h3-4,6-7,10H,5,8-9,11H2,1-2H3,(H,18,19,20). The summed E-state index contributed by atoms with van der Waals surface area (Å²) in [6.07, 6.45) is 0.822. The average Bonchev–Trinajstić information content (AvgIpc) is 2.52. The second kappa shape index (κ2) is 6.64. The van der Waals surface area contributed by atoms with Crippen molar-refractivity contribution < 1.29 is 9.53 Å². The van der Waals surface area contributed by atoms with Crippen molar-refractivity contribution in [2.75, 3.05) is 29.9 Å². The van der Waals surface area contributed by atoms with Gasteiger partial charge >= 0.3 is 0 Å². The van der Waals surface area contributed by atoms with Crippen molar-refractivity contribution >= 4 is 17.4 Å². The molecule has 1 amide bonds. The molecule has 1 aliphatic rings. The summed E-state index contributed by atoms with van der Waals surface area (Å²) in [5.74, 6) is 2.34. The summed E-state index contributed by atoms with van der Waals surface area (Å²) in [6, 6.07) is 9.55. The van der Waals surface area contributed by atoms with E-state index in [9.17, 15) is 4.79 Å². The Morgan fingerprint density at radius 2 is 2.09 bits per heavy atom. The van der Waals surface area contributed by atoms with E-state index < -0.39 is 0 Å². The van der Waals surface area contributed by atoms with Gasteiger partial charge in [-0.05, 0) is 32.4 Å². The van der Waals surface area contributed by atoms with Crippen LogP contribution >= 0.6 is 0 Å². The van der Waals surface area contributed by atoms with E-state index in [1.807, 2.05) is 44.2 Å². The largest absolute Gasteiger partial charge is 0.482 e. The van der Waals surface area contributed by atoms with E-state index in [1.54, 1.807) is 4.90 Å². The number of benzene rings is 1. The maximum atomic E-state index is 12.1. The number of carbonyl (C=O) groups is 1. The van der Waals surface area contributed by atoms with Gasteiger partial charge in [0.1, 0.15) is 17.4 Å². The molecule has 0 radical (unpaired) electrons. The first kappa shape index (κ1) is 15.3. The minimum Gasteiger partial charge on any atom is -0.482 e. The van der Waals surface area contributed by atoms with Crippen molar-refractivity contribution in [2.45, 2.75) is 20.3 Å². The summed E-state index contributed by atoms with van der Waals surface area (Å²) < 4.78 is 5.44. The maximum Gasteiger partial charge on any atom is 0.265 e. The molecule has 120 valence electrons. The van der Waals surface area contributed by atoms with Gasteiger partial charge in [0.05, 0.1) is 5.69 Å². The number of amides is 1. The predicted molar refractivity (Wildman–Crippen MR) is 88.9 cm³/mol. The third-order valence-electron chi connectivity index (χ3n) is 3.64. The molecule has 1 N–H and O–H groups in total. The zero-order valence-corrected chi connectivity index (χ0v) is 13.4. The molecule has 3 rings (SSSR count). The Kier molecular flexibility index (Phi) is 4.41. The minimum absolute atomic E-state index is 0.00238. The van der Waals surface area contributed by atoms with Gasteiger partial charge < -0.3 is 15.0 Å². The van der Waals surface area contributed by atoms with Gasteiger partial charge in [-0.25, -0.2) is 9.97 Å². The molecule has 2 heterocycles. The summed E-state index contributed by atoms with van der Waals surface area (Å²) in [5, 5.41) is 3.28. The van der Waals surface area contributed by atoms with E-state index in [0.29, 0.717) is 6.54 Å². The SMILES string of the molecule is Cc1cc(NCCCN2C(=O)COc3ccccc32)nc(C)n1. The monoisotopic (exact) mass is 312 g/mol. The lowest BCUT2D eigenvalue weighted by Gasteiger charge is -2.29. The lowest BCUT2D eigenvalue weighted by Crippen LogP contribution is -2.39. The van der Waals surface area contributed by atoms with Gasteiger partial charge in [0.15, 0.2) is 6.61 Å². The first-order valence-electron chi connectivity index (χ1n) is 7.72. The quantitative estimate of drug-likeness (QED) is 0.858. The fraction of sp³-hybridized carbons (Fsp3) is 0.353. The third kappa shape index (κ3) is 3.59. The molecule has 1 aromatic heterocycles. The summed E-state index contributed by atoms with van der Waals surface area (Å²) in [7, 11) is 0. The zero-order chi connectivity index (χ0) is 16.2. The van der Waals surface area contributed by atoms with Crippen LogP contribution in [-0.2, 0) is 4.79 Å². The number of aryl methyl sites for hydroxylation is 2. The molecule has 6 nitrogen and oxygen atoms in total. The Balaban J connectivity index is 1.57. The average molecular weight is 312 g/mol. The Hall–Kier alpha value is -2.63. The summed E-state index contributed by atoms with van der Waals surface area (Å²) in [4.78, 5) is 22.5. The van der Waals surface area contributed by atoms with Gasteiger partial charge in [0.25, 0.3) is 5.91 Å². The lowest BCUT2D eigenvalue weighted by molar-refractivity contribution is -0.121. The molecule has 0 atom stereocenters. The number of nitrogens with one attached hydrogen (secondary N) is 1. The van der Waals surface area contributed by atoms with E-state index in [4.69, 9.17) is 4.74 Å². The molecule has 0 spiro atoms. The fourth-order valence-corrected chi connectivity index (χ4v) is 2.66. The van der Waals surface area contributed by atoms with Gasteiger partial charge in [-0.3, -0.25) is 4.79 Å². The molecule has 0 fully saturated rings. The molecule has 1 aromatic carbocycles. The van der Waals surface area contributed by atoms with Crippen LogP contribution in [0.4, 0.5) is 11.5 Å². The van der Waals surface area contributed by atoms with Crippen molar-refractivity contribution in [3.63, 3.8) is 0 Å². The van der Waals surface area contributed by atoms with Crippen LogP contribution in [0.2, 0.25) is 0 Å². The Bertz CT molecular complexity index is 697. The van der Waals surface area contributed by atoms with Crippen molar-refractivity contribution in [2.24, 2.45) is 0 Å². The second-order valence-electron chi connectivity index (χ2n) is 5.52. The number of anilines is 2. The topological polar surface area (TPSA) is 67.4 Å². The van der Waals surface area contributed by atoms with E-state index in [1.165, 1.54) is 0 Å². The van der Waals surface area contributed by atoms with Gasteiger partial charge in [-0.1, -0.05) is 12.1 Å². The molecule has 23 heavy (non-hydrogen) atoms. The Morgan fingerprint density at radius 3 is 2.91 bits per heavy atom. The molecule has 0 saturated carbocycles. The van der Waals surface area contributed by atoms with E-state index in [2.05, 4.69) is 15.3 Å². The summed E-state index contributed by atoms with van der Waals surface area (Å²) >= 11 is 0. The number of hydrogen-bond donors (Lipinski definition) is 1. The molecule has 2 aromatic rings. The smallest absolute Gasteiger partial charge is 0.265 e. The number of nitrogens with zero attached hydrogens (tertiary/aromatic N) is 3. The highest BCUT2D eigenvalue weighted by molar-refractivity contribution is 5.97. The Labute approximate surface area is 135 Å². The zero-order valence-electron chi connectivity index (χ0n) is 13.4. The number of hydrogen-bond acceptors (Lipinski definition) is 5. The number of rotatable bonds is 5. The van der Waals surface area contributed by atoms with Crippen LogP contribution in [0.1, 0.15) is 17.9 Å². The number of fused-ring (bicyclic) bond motifs is 1. The molecular formula is C17H20N4O2. The van der Waals surface area contributed by atoms with Crippen LogP contribution in [0.3, 0.4) is 0 Å². The predicted octanol–water partition coefficient (Wildman–Crippen LogP) is 2.32. The van der Waals surface area contributed by atoms with Crippen LogP contribution in [-0.4, -0.2) is 35.6 Å². The molecule has 1 aliphatic heterocycles. The highest BCUT2D eigenvalue weighted by Gasteiger charge is 2.24. The van der Waals surface area contributed by atoms with Crippen LogP contribution in [0.15, 0.2) is 30.3 Å². The van der Waals surface area contributed by atoms with E-state index >= 15 is 0 Å². The van der Waals surface area contributed by atoms with Crippen molar-refractivity contribution in [1.82, 2.24) is 9.97 Å². The molecule has 0 saturated heterocycles. The first-order valence-corrected chi connectivity index (χ1v) is 7.72. The summed E-state index contributed by atoms with van der Waals surface area (Å²) in [5.41, 5.74) is 1.79. The Morgan fingerprint density at radius 1 is 1.26 bits per heavy atom. The van der Waals surface area contributed by atoms with Gasteiger partial charge in [0, 0.05) is 24.8 Å². The van der Waals surface area contributed by atoms with Crippen molar-refractivity contribution in [3.05, 3.63) is 41.9 Å². The lowest BCUT2D eigenvalue weighted by atomic mass is 10.2. The van der Waals surface area contributed by atoms with Crippen LogP contribution in [0.5, 0.6) is 5.75 Å². The van der Waals surface area contributed by atoms with E-state index in [0.717, 1.165) is 41.7 Å². The number of aromatic nitrogens is 2. The molecule has 6 heteroatoms. The molecule has 0 aliphatic carbocycles. The maximum absolute atomic E-state index is 12.1. The third-order valence-corrected chi connectivity index (χ3v) is 3.64. The van der Waals surface area contributed by atoms with Crippen LogP contribution < -0.4 is 15.0 Å². The fourth-order valence-electron chi connectivity index (χ4n) is 2.66. The van der Waals surface area contributed by atoms with Gasteiger partial charge in [-0.15, -0.1) is 0 Å².